The van der Waals surface area contributed by atoms with Crippen LogP contribution in [0.1, 0.15) is 23.1 Å². The number of nitrogens with one attached hydrogen (secondary N) is 1. The lowest BCUT2D eigenvalue weighted by Crippen LogP contribution is -2.22. The van der Waals surface area contributed by atoms with Crippen molar-refractivity contribution in [3.8, 4) is 0 Å². The Labute approximate surface area is 115 Å². The molecule has 4 nitrogen and oxygen atoms in total. The van der Waals surface area contributed by atoms with Crippen molar-refractivity contribution in [2.75, 3.05) is 6.54 Å². The lowest BCUT2D eigenvalue weighted by atomic mass is 10.1. The van der Waals surface area contributed by atoms with Crippen molar-refractivity contribution in [1.82, 2.24) is 15.3 Å². The smallest absolute Gasteiger partial charge is 0.159 e. The summed E-state index contributed by atoms with van der Waals surface area (Å²) >= 11 is 0. The molecule has 106 valence electrons. The Morgan fingerprint density at radius 1 is 1.20 bits per heavy atom. The molecule has 0 radical (unpaired) electrons. The van der Waals surface area contributed by atoms with Gasteiger partial charge < -0.3 is 10.4 Å². The topological polar surface area (TPSA) is 58.0 Å². The molecule has 1 unspecified atom stereocenters. The van der Waals surface area contributed by atoms with Gasteiger partial charge in [-0.2, -0.15) is 0 Å². The second kappa shape index (κ2) is 6.49. The van der Waals surface area contributed by atoms with Gasteiger partial charge in [-0.25, -0.2) is 18.7 Å². The second-order valence-electron chi connectivity index (χ2n) is 4.50. The van der Waals surface area contributed by atoms with Crippen LogP contribution in [0.3, 0.4) is 0 Å². The van der Waals surface area contributed by atoms with E-state index in [0.717, 1.165) is 17.7 Å². The Bertz CT molecular complexity index is 575. The normalized spacial score (nSPS) is 12.4. The molecule has 0 spiro atoms. The van der Waals surface area contributed by atoms with E-state index in [1.165, 1.54) is 6.07 Å². The summed E-state index contributed by atoms with van der Waals surface area (Å²) in [5.74, 6) is -1.29. The molecule has 2 rings (SSSR count). The lowest BCUT2D eigenvalue weighted by Gasteiger charge is -2.12. The van der Waals surface area contributed by atoms with Crippen LogP contribution in [0, 0.1) is 18.6 Å². The number of aromatic nitrogens is 2. The average molecular weight is 279 g/mol. The van der Waals surface area contributed by atoms with Gasteiger partial charge in [-0.1, -0.05) is 6.07 Å². The van der Waals surface area contributed by atoms with Crippen LogP contribution in [0.4, 0.5) is 8.78 Å². The van der Waals surface area contributed by atoms with Crippen LogP contribution in [0.25, 0.3) is 0 Å². The lowest BCUT2D eigenvalue weighted by molar-refractivity contribution is 0.173. The van der Waals surface area contributed by atoms with E-state index in [1.807, 2.05) is 6.92 Å². The van der Waals surface area contributed by atoms with E-state index in [9.17, 15) is 13.9 Å². The predicted molar refractivity (Wildman–Crippen MR) is 69.8 cm³/mol. The van der Waals surface area contributed by atoms with E-state index in [1.54, 1.807) is 12.4 Å². The molecule has 20 heavy (non-hydrogen) atoms. The van der Waals surface area contributed by atoms with Crippen molar-refractivity contribution in [2.24, 2.45) is 0 Å². The van der Waals surface area contributed by atoms with Crippen molar-refractivity contribution in [3.05, 3.63) is 59.2 Å². The number of benzene rings is 1. The van der Waals surface area contributed by atoms with Crippen molar-refractivity contribution in [3.63, 3.8) is 0 Å². The number of nitrogens with zero attached hydrogens (tertiary/aromatic N) is 2. The highest BCUT2D eigenvalue weighted by atomic mass is 19.2. The number of aliphatic hydroxyl groups excluding tert-OH is 1. The largest absolute Gasteiger partial charge is 0.387 e. The van der Waals surface area contributed by atoms with E-state index < -0.39 is 17.7 Å². The van der Waals surface area contributed by atoms with Gasteiger partial charge in [-0.15, -0.1) is 0 Å². The molecule has 0 saturated carbocycles. The standard InChI is InChI=1S/C14H15F2N3O/c1-9-5-18-14(19-6-9)8-17-7-13(20)10-2-3-11(15)12(16)4-10/h2-6,13,17,20H,7-8H2,1H3. The molecule has 0 fully saturated rings. The fraction of sp³-hybridized carbons (Fsp3) is 0.286. The fourth-order valence-corrected chi connectivity index (χ4v) is 1.67. The van der Waals surface area contributed by atoms with Gasteiger partial charge in [-0.3, -0.25) is 0 Å². The molecule has 0 aliphatic carbocycles. The quantitative estimate of drug-likeness (QED) is 0.877. The van der Waals surface area contributed by atoms with Gasteiger partial charge in [0.25, 0.3) is 0 Å². The fourth-order valence-electron chi connectivity index (χ4n) is 1.67. The first-order valence-electron chi connectivity index (χ1n) is 6.17. The van der Waals surface area contributed by atoms with Gasteiger partial charge in [0, 0.05) is 18.9 Å². The Kier molecular flexibility index (Phi) is 4.70. The third-order valence-corrected chi connectivity index (χ3v) is 2.78. The molecule has 2 N–H and O–H groups in total. The minimum Gasteiger partial charge on any atom is -0.387 e. The Morgan fingerprint density at radius 3 is 2.55 bits per heavy atom. The summed E-state index contributed by atoms with van der Waals surface area (Å²) in [4.78, 5) is 8.22. The van der Waals surface area contributed by atoms with Gasteiger partial charge in [0.15, 0.2) is 11.6 Å². The molecule has 1 heterocycles. The maximum atomic E-state index is 13.0. The highest BCUT2D eigenvalue weighted by Gasteiger charge is 2.10. The van der Waals surface area contributed by atoms with Crippen LogP contribution >= 0.6 is 0 Å². The maximum absolute atomic E-state index is 13.0. The monoisotopic (exact) mass is 279 g/mol. The minimum atomic E-state index is -0.969. The van der Waals surface area contributed by atoms with E-state index in [-0.39, 0.29) is 6.54 Å². The highest BCUT2D eigenvalue weighted by molar-refractivity contribution is 5.20. The number of rotatable bonds is 5. The summed E-state index contributed by atoms with van der Waals surface area (Å²) in [5.41, 5.74) is 1.29. The highest BCUT2D eigenvalue weighted by Crippen LogP contribution is 2.15. The van der Waals surface area contributed by atoms with Crippen molar-refractivity contribution < 1.29 is 13.9 Å². The van der Waals surface area contributed by atoms with Crippen molar-refractivity contribution >= 4 is 0 Å². The second-order valence-corrected chi connectivity index (χ2v) is 4.50. The molecule has 1 aromatic heterocycles. The van der Waals surface area contributed by atoms with Gasteiger partial charge in [0.05, 0.1) is 12.6 Å². The third-order valence-electron chi connectivity index (χ3n) is 2.78. The van der Waals surface area contributed by atoms with Crippen LogP contribution in [0.2, 0.25) is 0 Å². The first kappa shape index (κ1) is 14.5. The van der Waals surface area contributed by atoms with Gasteiger partial charge >= 0.3 is 0 Å². The Balaban J connectivity index is 1.87. The van der Waals surface area contributed by atoms with Crippen molar-refractivity contribution in [2.45, 2.75) is 19.6 Å². The molecule has 0 amide bonds. The van der Waals surface area contributed by atoms with Gasteiger partial charge in [0.1, 0.15) is 5.82 Å². The molecule has 0 aliphatic rings. The Morgan fingerprint density at radius 2 is 1.90 bits per heavy atom. The maximum Gasteiger partial charge on any atom is 0.159 e. The third kappa shape index (κ3) is 3.79. The minimum absolute atomic E-state index is 0.197. The summed E-state index contributed by atoms with van der Waals surface area (Å²) in [6.07, 6.45) is 2.49. The summed E-state index contributed by atoms with van der Waals surface area (Å²) in [6.45, 7) is 2.48. The number of hydrogen-bond acceptors (Lipinski definition) is 4. The zero-order valence-electron chi connectivity index (χ0n) is 11.0. The predicted octanol–water partition coefficient (Wildman–Crippen LogP) is 1.89. The molecule has 0 saturated heterocycles. The van der Waals surface area contributed by atoms with Crippen LogP contribution in [0.15, 0.2) is 30.6 Å². The number of aliphatic hydroxyl groups is 1. The molecule has 0 aliphatic heterocycles. The van der Waals surface area contributed by atoms with Crippen LogP contribution in [-0.2, 0) is 6.54 Å². The van der Waals surface area contributed by atoms with E-state index in [4.69, 9.17) is 0 Å². The van der Waals surface area contributed by atoms with Gasteiger partial charge in [-0.05, 0) is 30.2 Å². The first-order valence-corrected chi connectivity index (χ1v) is 6.17. The molecule has 2 aromatic rings. The summed E-state index contributed by atoms with van der Waals surface area (Å²) < 4.78 is 25.8. The van der Waals surface area contributed by atoms with E-state index in [0.29, 0.717) is 17.9 Å². The molecule has 1 aromatic carbocycles. The van der Waals surface area contributed by atoms with Crippen LogP contribution in [0.5, 0.6) is 0 Å². The van der Waals surface area contributed by atoms with E-state index >= 15 is 0 Å². The molecule has 6 heteroatoms. The SMILES string of the molecule is Cc1cnc(CNCC(O)c2ccc(F)c(F)c2)nc1. The molecular formula is C14H15F2N3O. The number of halogens is 2. The molecule has 1 atom stereocenters. The number of aryl methyl sites for hydroxylation is 1. The molecular weight excluding hydrogens is 264 g/mol. The molecule has 0 bridgehead atoms. The number of hydrogen-bond donors (Lipinski definition) is 2. The van der Waals surface area contributed by atoms with E-state index in [2.05, 4.69) is 15.3 Å². The van der Waals surface area contributed by atoms with Crippen LogP contribution < -0.4 is 5.32 Å². The summed E-state index contributed by atoms with van der Waals surface area (Å²) in [6, 6.07) is 3.34. The summed E-state index contributed by atoms with van der Waals surface area (Å²) in [7, 11) is 0. The van der Waals surface area contributed by atoms with Gasteiger partial charge in [0.2, 0.25) is 0 Å². The zero-order valence-corrected chi connectivity index (χ0v) is 11.0. The average Bonchev–Trinajstić information content (AvgIpc) is 2.44. The van der Waals surface area contributed by atoms with Crippen LogP contribution in [-0.4, -0.2) is 21.6 Å². The summed E-state index contributed by atoms with van der Waals surface area (Å²) in [5, 5.41) is 12.8. The first-order chi connectivity index (χ1) is 9.56. The Hall–Kier alpha value is -1.92. The zero-order chi connectivity index (χ0) is 14.5. The van der Waals surface area contributed by atoms with Crippen molar-refractivity contribution in [1.29, 1.82) is 0 Å².